The smallest absolute Gasteiger partial charge is 0.303 e. The molecule has 1 fully saturated rings. The molecule has 1 aliphatic rings. The topological polar surface area (TPSA) is 176 Å². The molecule has 0 bridgehead atoms. The zero-order chi connectivity index (χ0) is 31.6. The Labute approximate surface area is 245 Å². The van der Waals surface area contributed by atoms with Crippen molar-refractivity contribution in [1.82, 2.24) is 0 Å². The second-order valence-electron chi connectivity index (χ2n) is 10.9. The molecule has 1 aliphatic heterocycles. The van der Waals surface area contributed by atoms with E-state index in [9.17, 15) is 29.4 Å². The number of amides is 1. The van der Waals surface area contributed by atoms with Crippen LogP contribution in [0.3, 0.4) is 0 Å². The maximum atomic E-state index is 12.5. The summed E-state index contributed by atoms with van der Waals surface area (Å²) in [6.45, 7) is 10.5. The van der Waals surface area contributed by atoms with Gasteiger partial charge in [0.2, 0.25) is 0 Å². The lowest BCUT2D eigenvalue weighted by molar-refractivity contribution is -0.281. The Morgan fingerprint density at radius 3 is 2.05 bits per heavy atom. The number of esters is 3. The Balaban J connectivity index is 1.90. The van der Waals surface area contributed by atoms with E-state index in [-0.39, 0.29) is 19.8 Å². The van der Waals surface area contributed by atoms with Gasteiger partial charge in [0.05, 0.1) is 26.4 Å². The van der Waals surface area contributed by atoms with Crippen molar-refractivity contribution >= 4 is 29.5 Å². The van der Waals surface area contributed by atoms with Gasteiger partial charge in [-0.3, -0.25) is 19.2 Å². The van der Waals surface area contributed by atoms with Crippen LogP contribution in [0.15, 0.2) is 12.1 Å². The summed E-state index contributed by atoms with van der Waals surface area (Å²) in [6, 6.07) is 3.55. The second-order valence-corrected chi connectivity index (χ2v) is 10.9. The lowest BCUT2D eigenvalue weighted by Crippen LogP contribution is -2.58. The molecule has 0 radical (unpaired) electrons. The largest absolute Gasteiger partial charge is 0.494 e. The molecule has 13 heteroatoms. The molecule has 1 aromatic rings. The van der Waals surface area contributed by atoms with Crippen molar-refractivity contribution in [1.29, 1.82) is 0 Å². The molecule has 0 aromatic heterocycles. The summed E-state index contributed by atoms with van der Waals surface area (Å²) < 4.78 is 33.1. The molecule has 42 heavy (non-hydrogen) atoms. The molecule has 1 heterocycles. The number of aryl methyl sites for hydroxylation is 2. The highest BCUT2D eigenvalue weighted by molar-refractivity contribution is 5.96. The molecule has 5 atom stereocenters. The standard InChI is InChI=1S/C29H43NO12/c1-16-12-21(13-17(2)23(16)30-27(36)26(35)29(6,7)15-31)37-10-8-9-11-38-28-25(42-20(5)34)24(41-19(4)33)22(14-39-28)40-18(3)32/h12-13,22,24-26,28,31,35H,8-11,14-15H2,1-7H3,(H,30,36)/t22-,24+,25-,26?,28?/m1/s1. The van der Waals surface area contributed by atoms with Gasteiger partial charge in [-0.1, -0.05) is 13.8 Å². The lowest BCUT2D eigenvalue weighted by Gasteiger charge is -2.40. The van der Waals surface area contributed by atoms with Crippen LogP contribution in [-0.2, 0) is 42.9 Å². The summed E-state index contributed by atoms with van der Waals surface area (Å²) in [5.41, 5.74) is 1.07. The predicted molar refractivity (Wildman–Crippen MR) is 149 cm³/mol. The van der Waals surface area contributed by atoms with E-state index in [1.54, 1.807) is 26.0 Å². The van der Waals surface area contributed by atoms with E-state index in [4.69, 9.17) is 28.4 Å². The first-order valence-electron chi connectivity index (χ1n) is 13.7. The van der Waals surface area contributed by atoms with Gasteiger partial charge in [0.25, 0.3) is 5.91 Å². The maximum absolute atomic E-state index is 12.5. The normalized spacial score (nSPS) is 21.2. The zero-order valence-corrected chi connectivity index (χ0v) is 25.3. The van der Waals surface area contributed by atoms with Crippen LogP contribution >= 0.6 is 0 Å². The van der Waals surface area contributed by atoms with Gasteiger partial charge < -0.3 is 44.0 Å². The SMILES string of the molecule is CC(=O)O[C@H]1[C@H](OC(C)=O)COC(OCCCCOc2cc(C)c(NC(=O)C(O)C(C)(C)CO)c(C)c2)[C@@H]1OC(C)=O. The highest BCUT2D eigenvalue weighted by Gasteiger charge is 2.47. The van der Waals surface area contributed by atoms with Gasteiger partial charge in [-0.15, -0.1) is 0 Å². The average Bonchev–Trinajstić information content (AvgIpc) is 2.89. The summed E-state index contributed by atoms with van der Waals surface area (Å²) in [7, 11) is 0. The summed E-state index contributed by atoms with van der Waals surface area (Å²) >= 11 is 0. The molecule has 236 valence electrons. The fourth-order valence-corrected chi connectivity index (χ4v) is 4.28. The van der Waals surface area contributed by atoms with Crippen LogP contribution in [0.25, 0.3) is 0 Å². The molecule has 0 saturated carbocycles. The molecule has 1 amide bonds. The van der Waals surface area contributed by atoms with Crippen LogP contribution < -0.4 is 10.1 Å². The molecule has 1 saturated heterocycles. The highest BCUT2D eigenvalue weighted by Crippen LogP contribution is 2.29. The van der Waals surface area contributed by atoms with Crippen molar-refractivity contribution in [2.24, 2.45) is 5.41 Å². The van der Waals surface area contributed by atoms with E-state index in [0.717, 1.165) is 11.1 Å². The number of rotatable bonds is 14. The molecule has 0 spiro atoms. The molecule has 2 unspecified atom stereocenters. The van der Waals surface area contributed by atoms with Crippen LogP contribution in [0.2, 0.25) is 0 Å². The fraction of sp³-hybridized carbons (Fsp3) is 0.655. The highest BCUT2D eigenvalue weighted by atomic mass is 16.7. The van der Waals surface area contributed by atoms with Crippen LogP contribution in [0.1, 0.15) is 58.6 Å². The minimum Gasteiger partial charge on any atom is -0.494 e. The number of hydrogen-bond donors (Lipinski definition) is 3. The van der Waals surface area contributed by atoms with Crippen molar-refractivity contribution < 1.29 is 57.8 Å². The number of carbonyl (C=O) groups is 4. The number of hydrogen-bond acceptors (Lipinski definition) is 12. The van der Waals surface area contributed by atoms with Gasteiger partial charge >= 0.3 is 17.9 Å². The summed E-state index contributed by atoms with van der Waals surface area (Å²) in [4.78, 5) is 47.4. The first-order valence-corrected chi connectivity index (χ1v) is 13.7. The van der Waals surface area contributed by atoms with E-state index in [0.29, 0.717) is 30.9 Å². The minimum absolute atomic E-state index is 0.115. The maximum Gasteiger partial charge on any atom is 0.303 e. The van der Waals surface area contributed by atoms with Crippen molar-refractivity contribution in [2.75, 3.05) is 31.7 Å². The number of anilines is 1. The van der Waals surface area contributed by atoms with Gasteiger partial charge in [0.15, 0.2) is 24.6 Å². The number of carbonyl (C=O) groups excluding carboxylic acids is 4. The van der Waals surface area contributed by atoms with Gasteiger partial charge in [-0.25, -0.2) is 0 Å². The first kappa shape index (κ1) is 34.9. The van der Waals surface area contributed by atoms with E-state index in [1.807, 2.05) is 13.8 Å². The number of aliphatic hydroxyl groups is 2. The second kappa shape index (κ2) is 15.8. The fourth-order valence-electron chi connectivity index (χ4n) is 4.28. The Bertz CT molecular complexity index is 1080. The number of benzene rings is 1. The Morgan fingerprint density at radius 1 is 0.952 bits per heavy atom. The molecule has 2 rings (SSSR count). The predicted octanol–water partition coefficient (Wildman–Crippen LogP) is 1.95. The number of ether oxygens (including phenoxy) is 6. The van der Waals surface area contributed by atoms with Crippen LogP contribution in [0.5, 0.6) is 5.75 Å². The third-order valence-electron chi connectivity index (χ3n) is 6.54. The summed E-state index contributed by atoms with van der Waals surface area (Å²) in [6.07, 6.45) is -4.46. The van der Waals surface area contributed by atoms with E-state index < -0.39 is 59.9 Å². The van der Waals surface area contributed by atoms with E-state index in [1.165, 1.54) is 20.8 Å². The van der Waals surface area contributed by atoms with Crippen LogP contribution in [0.4, 0.5) is 5.69 Å². The Morgan fingerprint density at radius 2 is 1.50 bits per heavy atom. The number of aliphatic hydroxyl groups excluding tert-OH is 2. The average molecular weight is 598 g/mol. The molecule has 3 N–H and O–H groups in total. The van der Waals surface area contributed by atoms with Crippen LogP contribution in [0, 0.1) is 19.3 Å². The quantitative estimate of drug-likeness (QED) is 0.162. The van der Waals surface area contributed by atoms with E-state index >= 15 is 0 Å². The third-order valence-corrected chi connectivity index (χ3v) is 6.54. The first-order chi connectivity index (χ1) is 19.7. The zero-order valence-electron chi connectivity index (χ0n) is 25.3. The molecule has 13 nitrogen and oxygen atoms in total. The number of nitrogens with one attached hydrogen (secondary N) is 1. The Hall–Kier alpha value is -3.26. The minimum atomic E-state index is -1.38. The van der Waals surface area contributed by atoms with Gasteiger partial charge in [-0.2, -0.15) is 0 Å². The molecular formula is C29H43NO12. The molecular weight excluding hydrogens is 554 g/mol. The molecule has 0 aliphatic carbocycles. The van der Waals surface area contributed by atoms with Crippen molar-refractivity contribution in [3.8, 4) is 5.75 Å². The van der Waals surface area contributed by atoms with Gasteiger partial charge in [-0.05, 0) is 49.9 Å². The third kappa shape index (κ3) is 10.2. The Kier molecular flexibility index (Phi) is 13.2. The van der Waals surface area contributed by atoms with Crippen molar-refractivity contribution in [2.45, 2.75) is 92.0 Å². The van der Waals surface area contributed by atoms with Crippen LogP contribution in [-0.4, -0.2) is 91.2 Å². The van der Waals surface area contributed by atoms with Crippen molar-refractivity contribution in [3.63, 3.8) is 0 Å². The number of unbranched alkanes of at least 4 members (excludes halogenated alkanes) is 1. The summed E-state index contributed by atoms with van der Waals surface area (Å²) in [5.74, 6) is -1.89. The van der Waals surface area contributed by atoms with E-state index in [2.05, 4.69) is 5.32 Å². The van der Waals surface area contributed by atoms with Gasteiger partial charge in [0.1, 0.15) is 11.9 Å². The monoisotopic (exact) mass is 597 g/mol. The van der Waals surface area contributed by atoms with Crippen molar-refractivity contribution in [3.05, 3.63) is 23.3 Å². The lowest BCUT2D eigenvalue weighted by atomic mass is 9.87. The molecule has 1 aromatic carbocycles. The van der Waals surface area contributed by atoms with Gasteiger partial charge in [0, 0.05) is 31.9 Å². The summed E-state index contributed by atoms with van der Waals surface area (Å²) in [5, 5.41) is 22.4.